The van der Waals surface area contributed by atoms with Gasteiger partial charge in [-0.2, -0.15) is 0 Å². The van der Waals surface area contributed by atoms with Gasteiger partial charge < -0.3 is 10.1 Å². The van der Waals surface area contributed by atoms with E-state index in [1.807, 2.05) is 0 Å². The third-order valence-electron chi connectivity index (χ3n) is 1.91. The smallest absolute Gasteiger partial charge is 0.405 e. The molecule has 1 rings (SSSR count). The number of hydrogen-bond acceptors (Lipinski definition) is 2. The Morgan fingerprint density at radius 1 is 1.39 bits per heavy atom. The summed E-state index contributed by atoms with van der Waals surface area (Å²) in [6.45, 7) is 2.38. The van der Waals surface area contributed by atoms with Crippen LogP contribution in [0.5, 0.6) is 5.75 Å². The van der Waals surface area contributed by atoms with Gasteiger partial charge in [-0.1, -0.05) is 0 Å². The molecule has 0 saturated heterocycles. The molecule has 2 nitrogen and oxygen atoms in total. The Labute approximate surface area is 112 Å². The van der Waals surface area contributed by atoms with Crippen LogP contribution in [-0.4, -0.2) is 12.9 Å². The molecule has 1 N–H and O–H groups in total. The fraction of sp³-hybridized carbons (Fsp3) is 0.333. The van der Waals surface area contributed by atoms with E-state index in [-0.39, 0.29) is 10.2 Å². The Hall–Kier alpha value is -1.35. The van der Waals surface area contributed by atoms with Crippen molar-refractivity contribution in [3.8, 4) is 17.6 Å². The van der Waals surface area contributed by atoms with Crippen LogP contribution in [0.25, 0.3) is 0 Å². The summed E-state index contributed by atoms with van der Waals surface area (Å²) in [5.41, 5.74) is 0.703. The Morgan fingerprint density at radius 3 is 2.67 bits per heavy atom. The van der Waals surface area contributed by atoms with Crippen LogP contribution in [-0.2, 0) is 0 Å². The Morgan fingerprint density at radius 2 is 2.11 bits per heavy atom. The zero-order chi connectivity index (χ0) is 13.6. The second kappa shape index (κ2) is 6.55. The summed E-state index contributed by atoms with van der Waals surface area (Å²) in [7, 11) is 0. The number of rotatable bonds is 4. The van der Waals surface area contributed by atoms with Crippen molar-refractivity contribution in [2.45, 2.75) is 19.7 Å². The lowest BCUT2D eigenvalue weighted by atomic mass is 10.3. The van der Waals surface area contributed by atoms with Crippen molar-refractivity contribution in [1.29, 1.82) is 0 Å². The van der Waals surface area contributed by atoms with Crippen LogP contribution in [0.3, 0.4) is 0 Å². The summed E-state index contributed by atoms with van der Waals surface area (Å²) >= 11 is 3.03. The molecule has 1 aromatic rings. The van der Waals surface area contributed by atoms with E-state index in [9.17, 15) is 13.2 Å². The van der Waals surface area contributed by atoms with Crippen molar-refractivity contribution in [3.63, 3.8) is 0 Å². The number of nitrogens with one attached hydrogen (secondary N) is 1. The molecule has 0 radical (unpaired) electrons. The number of benzene rings is 1. The molecule has 18 heavy (non-hydrogen) atoms. The molecular formula is C12H11BrF3NO. The standard InChI is InChI=1S/C12H11BrF3NO/c1-2-3-4-7-17-9-5-6-11(10(13)8-9)18-12(14,15)16/h5-6,8,17H,4,7H2,1H3. The van der Waals surface area contributed by atoms with Crippen LogP contribution in [0.2, 0.25) is 0 Å². The van der Waals surface area contributed by atoms with Crippen molar-refractivity contribution in [2.75, 3.05) is 11.9 Å². The van der Waals surface area contributed by atoms with Gasteiger partial charge in [-0.3, -0.25) is 0 Å². The van der Waals surface area contributed by atoms with Gasteiger partial charge in [-0.25, -0.2) is 0 Å². The summed E-state index contributed by atoms with van der Waals surface area (Å²) in [6, 6.07) is 4.30. The topological polar surface area (TPSA) is 21.3 Å². The Bertz CT molecular complexity index is 463. The number of ether oxygens (including phenoxy) is 1. The van der Waals surface area contributed by atoms with Crippen LogP contribution in [0, 0.1) is 11.8 Å². The predicted molar refractivity (Wildman–Crippen MR) is 67.4 cm³/mol. The molecule has 0 unspecified atom stereocenters. The van der Waals surface area contributed by atoms with Crippen LogP contribution >= 0.6 is 15.9 Å². The van der Waals surface area contributed by atoms with Crippen molar-refractivity contribution < 1.29 is 17.9 Å². The lowest BCUT2D eigenvalue weighted by molar-refractivity contribution is -0.274. The van der Waals surface area contributed by atoms with Crippen molar-refractivity contribution in [1.82, 2.24) is 0 Å². The normalized spacial score (nSPS) is 10.5. The lowest BCUT2D eigenvalue weighted by Gasteiger charge is -2.12. The fourth-order valence-electron chi connectivity index (χ4n) is 1.21. The molecular weight excluding hydrogens is 311 g/mol. The van der Waals surface area contributed by atoms with Crippen LogP contribution in [0.1, 0.15) is 13.3 Å². The number of halogens is 4. The molecule has 0 aliphatic rings. The molecule has 0 atom stereocenters. The van der Waals surface area contributed by atoms with Gasteiger partial charge in [-0.05, 0) is 41.1 Å². The van der Waals surface area contributed by atoms with E-state index in [4.69, 9.17) is 0 Å². The maximum absolute atomic E-state index is 12.0. The average molecular weight is 322 g/mol. The summed E-state index contributed by atoms with van der Waals surface area (Å²) in [5.74, 6) is 5.37. The van der Waals surface area contributed by atoms with E-state index < -0.39 is 6.36 Å². The first kappa shape index (κ1) is 14.7. The van der Waals surface area contributed by atoms with Crippen LogP contribution in [0.4, 0.5) is 18.9 Å². The maximum atomic E-state index is 12.0. The fourth-order valence-corrected chi connectivity index (χ4v) is 1.67. The van der Waals surface area contributed by atoms with Gasteiger partial charge in [0.15, 0.2) is 0 Å². The van der Waals surface area contributed by atoms with Gasteiger partial charge in [0.2, 0.25) is 0 Å². The number of hydrogen-bond donors (Lipinski definition) is 1. The zero-order valence-corrected chi connectivity index (χ0v) is 11.2. The molecule has 0 aliphatic carbocycles. The monoisotopic (exact) mass is 321 g/mol. The van der Waals surface area contributed by atoms with Crippen molar-refractivity contribution >= 4 is 21.6 Å². The lowest BCUT2D eigenvalue weighted by Crippen LogP contribution is -2.17. The minimum atomic E-state index is -4.69. The first-order valence-electron chi connectivity index (χ1n) is 5.11. The van der Waals surface area contributed by atoms with Gasteiger partial charge >= 0.3 is 6.36 Å². The minimum absolute atomic E-state index is 0.242. The van der Waals surface area contributed by atoms with Gasteiger partial charge in [0.05, 0.1) is 4.47 Å². The Kier molecular flexibility index (Phi) is 5.35. The third-order valence-corrected chi connectivity index (χ3v) is 2.53. The number of anilines is 1. The predicted octanol–water partition coefficient (Wildman–Crippen LogP) is 4.17. The summed E-state index contributed by atoms with van der Waals surface area (Å²) < 4.78 is 40.2. The highest BCUT2D eigenvalue weighted by Gasteiger charge is 2.31. The first-order chi connectivity index (χ1) is 8.42. The molecule has 6 heteroatoms. The SMILES string of the molecule is CC#CCCNc1ccc(OC(F)(F)F)c(Br)c1. The quantitative estimate of drug-likeness (QED) is 0.663. The Balaban J connectivity index is 2.63. The third kappa shape index (κ3) is 5.32. The number of alkyl halides is 3. The largest absolute Gasteiger partial charge is 0.573 e. The molecule has 0 fully saturated rings. The molecule has 98 valence electrons. The van der Waals surface area contributed by atoms with Gasteiger partial charge in [0.1, 0.15) is 5.75 Å². The van der Waals surface area contributed by atoms with Crippen LogP contribution in [0.15, 0.2) is 22.7 Å². The maximum Gasteiger partial charge on any atom is 0.573 e. The molecule has 1 aromatic carbocycles. The summed E-state index contributed by atoms with van der Waals surface area (Å²) in [6.07, 6.45) is -4.01. The highest BCUT2D eigenvalue weighted by molar-refractivity contribution is 9.10. The minimum Gasteiger partial charge on any atom is -0.405 e. The first-order valence-corrected chi connectivity index (χ1v) is 5.90. The van der Waals surface area contributed by atoms with E-state index in [2.05, 4.69) is 37.8 Å². The van der Waals surface area contributed by atoms with Gasteiger partial charge in [0, 0.05) is 18.7 Å². The highest BCUT2D eigenvalue weighted by atomic mass is 79.9. The van der Waals surface area contributed by atoms with Gasteiger partial charge in [-0.15, -0.1) is 25.0 Å². The zero-order valence-electron chi connectivity index (χ0n) is 9.57. The van der Waals surface area contributed by atoms with Crippen molar-refractivity contribution in [2.24, 2.45) is 0 Å². The summed E-state index contributed by atoms with van der Waals surface area (Å²) in [4.78, 5) is 0. The van der Waals surface area contributed by atoms with E-state index in [1.165, 1.54) is 18.2 Å². The van der Waals surface area contributed by atoms with Gasteiger partial charge in [0.25, 0.3) is 0 Å². The molecule has 0 heterocycles. The second-order valence-corrected chi connectivity index (χ2v) is 4.15. The van der Waals surface area contributed by atoms with E-state index in [1.54, 1.807) is 6.92 Å². The van der Waals surface area contributed by atoms with E-state index >= 15 is 0 Å². The summed E-state index contributed by atoms with van der Waals surface area (Å²) in [5, 5.41) is 3.04. The molecule has 0 spiro atoms. The second-order valence-electron chi connectivity index (χ2n) is 3.30. The molecule has 0 amide bonds. The van der Waals surface area contributed by atoms with Crippen LogP contribution < -0.4 is 10.1 Å². The van der Waals surface area contributed by atoms with Crippen molar-refractivity contribution in [3.05, 3.63) is 22.7 Å². The average Bonchev–Trinajstić information content (AvgIpc) is 2.26. The van der Waals surface area contributed by atoms with E-state index in [0.717, 1.165) is 0 Å². The molecule has 0 bridgehead atoms. The molecule has 0 saturated carbocycles. The molecule has 0 aliphatic heterocycles. The molecule has 0 aromatic heterocycles. The highest BCUT2D eigenvalue weighted by Crippen LogP contribution is 2.32. The van der Waals surface area contributed by atoms with E-state index in [0.29, 0.717) is 18.7 Å².